The lowest BCUT2D eigenvalue weighted by atomic mass is 9.88. The first-order chi connectivity index (χ1) is 8.40. The average Bonchev–Trinajstić information content (AvgIpc) is 3.05. The number of fused-ring (bicyclic) bond motifs is 3. The molecule has 17 heavy (non-hydrogen) atoms. The first kappa shape index (κ1) is 10.1. The van der Waals surface area contributed by atoms with Gasteiger partial charge in [-0.15, -0.1) is 0 Å². The van der Waals surface area contributed by atoms with Crippen molar-refractivity contribution in [1.29, 1.82) is 0 Å². The third-order valence-electron chi connectivity index (χ3n) is 5.18. The van der Waals surface area contributed by atoms with Crippen LogP contribution in [0.25, 0.3) is 0 Å². The Morgan fingerprint density at radius 3 is 3.18 bits per heavy atom. The Kier molecular flexibility index (Phi) is 2.29. The Labute approximate surface area is 103 Å². The highest BCUT2D eigenvalue weighted by Gasteiger charge is 2.39. The van der Waals surface area contributed by atoms with Gasteiger partial charge < -0.3 is 9.88 Å². The van der Waals surface area contributed by atoms with E-state index in [0.29, 0.717) is 0 Å². The smallest absolute Gasteiger partial charge is 0.0952 e. The zero-order chi connectivity index (χ0) is 11.2. The summed E-state index contributed by atoms with van der Waals surface area (Å²) in [5.74, 6) is 3.03. The molecule has 1 aliphatic heterocycles. The van der Waals surface area contributed by atoms with Gasteiger partial charge in [0.1, 0.15) is 0 Å². The molecule has 2 saturated carbocycles. The predicted molar refractivity (Wildman–Crippen MR) is 66.6 cm³/mol. The third-order valence-corrected chi connectivity index (χ3v) is 5.18. The van der Waals surface area contributed by atoms with Crippen molar-refractivity contribution in [2.75, 3.05) is 6.54 Å². The van der Waals surface area contributed by atoms with Crippen molar-refractivity contribution in [3.63, 3.8) is 0 Å². The van der Waals surface area contributed by atoms with Gasteiger partial charge in [-0.1, -0.05) is 6.42 Å². The molecule has 3 aliphatic rings. The van der Waals surface area contributed by atoms with Gasteiger partial charge in [-0.05, 0) is 37.0 Å². The van der Waals surface area contributed by atoms with Crippen LogP contribution in [-0.4, -0.2) is 16.1 Å². The van der Waals surface area contributed by atoms with E-state index >= 15 is 0 Å². The monoisotopic (exact) mass is 231 g/mol. The molecule has 4 rings (SSSR count). The van der Waals surface area contributed by atoms with Gasteiger partial charge in [0.05, 0.1) is 12.0 Å². The number of imidazole rings is 1. The van der Waals surface area contributed by atoms with E-state index in [1.165, 1.54) is 43.6 Å². The van der Waals surface area contributed by atoms with Gasteiger partial charge in [0.25, 0.3) is 0 Å². The molecule has 0 radical (unpaired) electrons. The van der Waals surface area contributed by atoms with Crippen LogP contribution in [0.2, 0.25) is 0 Å². The molecular formula is C14H21N3. The summed E-state index contributed by atoms with van der Waals surface area (Å²) >= 11 is 0. The fourth-order valence-corrected chi connectivity index (χ4v) is 4.31. The molecule has 0 amide bonds. The van der Waals surface area contributed by atoms with E-state index in [9.17, 15) is 0 Å². The van der Waals surface area contributed by atoms with E-state index in [0.717, 1.165) is 37.3 Å². The third kappa shape index (κ3) is 1.63. The van der Waals surface area contributed by atoms with Crippen molar-refractivity contribution in [3.05, 3.63) is 17.7 Å². The Hall–Kier alpha value is -0.830. The SMILES string of the molecule is c1nc2c(n1CC1CC3CCC1C3)CCNC2. The molecule has 3 heteroatoms. The van der Waals surface area contributed by atoms with Gasteiger partial charge in [0.15, 0.2) is 0 Å². The molecule has 92 valence electrons. The van der Waals surface area contributed by atoms with Gasteiger partial charge in [-0.3, -0.25) is 0 Å². The summed E-state index contributed by atoms with van der Waals surface area (Å²) in [5, 5.41) is 3.40. The maximum absolute atomic E-state index is 4.56. The number of aromatic nitrogens is 2. The molecule has 0 saturated heterocycles. The van der Waals surface area contributed by atoms with Crippen LogP contribution in [0.15, 0.2) is 6.33 Å². The second-order valence-corrected chi connectivity index (χ2v) is 6.15. The zero-order valence-electron chi connectivity index (χ0n) is 10.4. The van der Waals surface area contributed by atoms with Crippen LogP contribution in [0.3, 0.4) is 0 Å². The van der Waals surface area contributed by atoms with Crippen molar-refractivity contribution in [1.82, 2.24) is 14.9 Å². The maximum atomic E-state index is 4.56. The van der Waals surface area contributed by atoms with Crippen molar-refractivity contribution in [2.45, 2.75) is 45.2 Å². The lowest BCUT2D eigenvalue weighted by Crippen LogP contribution is -2.26. The number of hydrogen-bond acceptors (Lipinski definition) is 2. The highest BCUT2D eigenvalue weighted by molar-refractivity contribution is 5.16. The van der Waals surface area contributed by atoms with E-state index in [4.69, 9.17) is 0 Å². The van der Waals surface area contributed by atoms with E-state index < -0.39 is 0 Å². The highest BCUT2D eigenvalue weighted by Crippen LogP contribution is 2.48. The van der Waals surface area contributed by atoms with Crippen molar-refractivity contribution in [2.24, 2.45) is 17.8 Å². The molecule has 0 aromatic carbocycles. The Morgan fingerprint density at radius 1 is 1.35 bits per heavy atom. The summed E-state index contributed by atoms with van der Waals surface area (Å²) in [7, 11) is 0. The van der Waals surface area contributed by atoms with Crippen LogP contribution in [0.1, 0.15) is 37.1 Å². The maximum Gasteiger partial charge on any atom is 0.0952 e. The van der Waals surface area contributed by atoms with Crippen LogP contribution < -0.4 is 5.32 Å². The van der Waals surface area contributed by atoms with Crippen molar-refractivity contribution in [3.8, 4) is 0 Å². The summed E-state index contributed by atoms with van der Waals surface area (Å²) < 4.78 is 2.46. The molecule has 2 fully saturated rings. The van der Waals surface area contributed by atoms with Gasteiger partial charge >= 0.3 is 0 Å². The summed E-state index contributed by atoms with van der Waals surface area (Å²) in [6.45, 7) is 3.33. The van der Waals surface area contributed by atoms with Crippen LogP contribution in [0, 0.1) is 17.8 Å². The number of nitrogens with one attached hydrogen (secondary N) is 1. The van der Waals surface area contributed by atoms with E-state index in [-0.39, 0.29) is 0 Å². The summed E-state index contributed by atoms with van der Waals surface area (Å²) in [6.07, 6.45) is 9.25. The average molecular weight is 231 g/mol. The number of hydrogen-bond donors (Lipinski definition) is 1. The molecule has 1 aromatic rings. The second-order valence-electron chi connectivity index (χ2n) is 6.15. The van der Waals surface area contributed by atoms with E-state index in [2.05, 4.69) is 21.2 Å². The molecule has 2 aliphatic carbocycles. The molecule has 3 unspecified atom stereocenters. The minimum Gasteiger partial charge on any atom is -0.334 e. The van der Waals surface area contributed by atoms with Crippen molar-refractivity contribution >= 4 is 0 Å². The highest BCUT2D eigenvalue weighted by atomic mass is 15.1. The minimum atomic E-state index is 0.946. The molecule has 0 spiro atoms. The molecule has 1 N–H and O–H groups in total. The molecule has 3 atom stereocenters. The fourth-order valence-electron chi connectivity index (χ4n) is 4.31. The summed E-state index contributed by atoms with van der Waals surface area (Å²) in [4.78, 5) is 4.56. The van der Waals surface area contributed by atoms with E-state index in [1.54, 1.807) is 0 Å². The van der Waals surface area contributed by atoms with Crippen LogP contribution >= 0.6 is 0 Å². The van der Waals surface area contributed by atoms with Gasteiger partial charge in [0, 0.05) is 31.7 Å². The lowest BCUT2D eigenvalue weighted by Gasteiger charge is -2.24. The minimum absolute atomic E-state index is 0.946. The van der Waals surface area contributed by atoms with Crippen LogP contribution in [-0.2, 0) is 19.5 Å². The fraction of sp³-hybridized carbons (Fsp3) is 0.786. The second kappa shape index (κ2) is 3.84. The van der Waals surface area contributed by atoms with Crippen LogP contribution in [0.4, 0.5) is 0 Å². The molecular weight excluding hydrogens is 210 g/mol. The quantitative estimate of drug-likeness (QED) is 0.843. The molecule has 2 bridgehead atoms. The first-order valence-electron chi connectivity index (χ1n) is 7.14. The topological polar surface area (TPSA) is 29.9 Å². The molecule has 2 heterocycles. The standard InChI is InChI=1S/C14H21N3/c1-2-11-5-10(1)6-12(11)8-17-9-16-13-7-15-4-3-14(13)17/h9-12,15H,1-8H2. The Morgan fingerprint density at radius 2 is 2.35 bits per heavy atom. The van der Waals surface area contributed by atoms with Crippen LogP contribution in [0.5, 0.6) is 0 Å². The van der Waals surface area contributed by atoms with Gasteiger partial charge in [-0.2, -0.15) is 0 Å². The largest absolute Gasteiger partial charge is 0.334 e. The lowest BCUT2D eigenvalue weighted by molar-refractivity contribution is 0.292. The molecule has 3 nitrogen and oxygen atoms in total. The summed E-state index contributed by atoms with van der Waals surface area (Å²) in [6, 6.07) is 0. The summed E-state index contributed by atoms with van der Waals surface area (Å²) in [5.41, 5.74) is 2.80. The number of nitrogens with zero attached hydrogens (tertiary/aromatic N) is 2. The Bertz CT molecular complexity index is 423. The Balaban J connectivity index is 1.54. The normalized spacial score (nSPS) is 35.2. The van der Waals surface area contributed by atoms with Gasteiger partial charge in [0.2, 0.25) is 0 Å². The van der Waals surface area contributed by atoms with Gasteiger partial charge in [-0.25, -0.2) is 4.98 Å². The van der Waals surface area contributed by atoms with Crippen molar-refractivity contribution < 1.29 is 0 Å². The first-order valence-corrected chi connectivity index (χ1v) is 7.14. The molecule has 1 aromatic heterocycles. The van der Waals surface area contributed by atoms with E-state index in [1.807, 2.05) is 0 Å². The predicted octanol–water partition coefficient (Wildman–Crippen LogP) is 1.96. The zero-order valence-corrected chi connectivity index (χ0v) is 10.4. The number of rotatable bonds is 2.